The zero-order chi connectivity index (χ0) is 22.1. The number of rotatable bonds is 4. The summed E-state index contributed by atoms with van der Waals surface area (Å²) in [6, 6.07) is 17.0. The molecule has 32 heavy (non-hydrogen) atoms. The summed E-state index contributed by atoms with van der Waals surface area (Å²) in [5, 5.41) is 6.52. The van der Waals surface area contributed by atoms with E-state index in [-0.39, 0.29) is 11.9 Å². The van der Waals surface area contributed by atoms with Gasteiger partial charge in [-0.15, -0.1) is 11.8 Å². The molecule has 0 radical (unpaired) electrons. The number of pyridine rings is 1. The number of anilines is 3. The van der Waals surface area contributed by atoms with Gasteiger partial charge in [-0.25, -0.2) is 9.78 Å². The maximum atomic E-state index is 12.7. The fraction of sp³-hybridized carbons (Fsp3) is 0.0870. The molecule has 2 aromatic carbocycles. The first-order chi connectivity index (χ1) is 15.6. The van der Waals surface area contributed by atoms with Gasteiger partial charge in [0.25, 0.3) is 0 Å². The summed E-state index contributed by atoms with van der Waals surface area (Å²) in [5.74, 6) is 0.446. The maximum Gasteiger partial charge on any atom is 0.323 e. The highest BCUT2D eigenvalue weighted by Crippen LogP contribution is 2.38. The molecular formula is C23H18BrN5O2S. The highest BCUT2D eigenvalue weighted by molar-refractivity contribution is 9.10. The highest BCUT2D eigenvalue weighted by atomic mass is 79.9. The van der Waals surface area contributed by atoms with Gasteiger partial charge in [0.2, 0.25) is 5.91 Å². The van der Waals surface area contributed by atoms with E-state index in [0.29, 0.717) is 29.3 Å². The van der Waals surface area contributed by atoms with Crippen molar-refractivity contribution < 1.29 is 9.59 Å². The fourth-order valence-electron chi connectivity index (χ4n) is 3.59. The SMILES string of the molecule is O=C(Nc1ccc2c(c1)N(Cc1ccccc1)C(=O)CS2)Nc1c[nH]c2ncc(Br)cc12. The minimum atomic E-state index is -0.379. The Hall–Kier alpha value is -3.30. The molecule has 160 valence electrons. The number of urea groups is 1. The molecule has 3 amide bonds. The van der Waals surface area contributed by atoms with Gasteiger partial charge >= 0.3 is 6.03 Å². The summed E-state index contributed by atoms with van der Waals surface area (Å²) in [6.45, 7) is 0.486. The molecule has 3 N–H and O–H groups in total. The number of nitrogens with one attached hydrogen (secondary N) is 3. The topological polar surface area (TPSA) is 90.1 Å². The Morgan fingerprint density at radius 2 is 2.00 bits per heavy atom. The number of carbonyl (C=O) groups is 2. The first-order valence-corrected chi connectivity index (χ1v) is 11.7. The van der Waals surface area contributed by atoms with Gasteiger partial charge in [0.15, 0.2) is 0 Å². The predicted molar refractivity (Wildman–Crippen MR) is 131 cm³/mol. The van der Waals surface area contributed by atoms with E-state index in [0.717, 1.165) is 26.0 Å². The van der Waals surface area contributed by atoms with E-state index >= 15 is 0 Å². The second kappa shape index (κ2) is 8.68. The lowest BCUT2D eigenvalue weighted by Crippen LogP contribution is -2.34. The number of halogens is 1. The molecule has 5 rings (SSSR count). The van der Waals surface area contributed by atoms with Crippen LogP contribution in [-0.2, 0) is 11.3 Å². The standard InChI is InChI=1S/C23H18BrN5O2S/c24-15-8-17-18(11-26-22(17)25-10-15)28-23(31)27-16-6-7-20-19(9-16)29(21(30)13-32-20)12-14-4-2-1-3-5-14/h1-11H,12-13H2,(H,25,26)(H2,27,28,31). The zero-order valence-corrected chi connectivity index (χ0v) is 19.2. The molecule has 7 nitrogen and oxygen atoms in total. The number of aromatic amines is 1. The Balaban J connectivity index is 1.36. The minimum Gasteiger partial charge on any atom is -0.344 e. The summed E-state index contributed by atoms with van der Waals surface area (Å²) in [7, 11) is 0. The molecule has 3 heterocycles. The van der Waals surface area contributed by atoms with Crippen LogP contribution in [0.25, 0.3) is 11.0 Å². The van der Waals surface area contributed by atoms with Crippen LogP contribution in [0.4, 0.5) is 21.9 Å². The van der Waals surface area contributed by atoms with Gasteiger partial charge in [0.1, 0.15) is 5.65 Å². The van der Waals surface area contributed by atoms with E-state index in [1.54, 1.807) is 17.3 Å². The van der Waals surface area contributed by atoms with E-state index in [9.17, 15) is 9.59 Å². The van der Waals surface area contributed by atoms with Crippen molar-refractivity contribution in [2.45, 2.75) is 11.4 Å². The van der Waals surface area contributed by atoms with Gasteiger partial charge in [-0.1, -0.05) is 30.3 Å². The third kappa shape index (κ3) is 4.21. The number of carbonyl (C=O) groups excluding carboxylic acids is 2. The number of benzene rings is 2. The Labute approximate surface area is 196 Å². The van der Waals surface area contributed by atoms with E-state index in [4.69, 9.17) is 0 Å². The molecule has 0 aliphatic carbocycles. The van der Waals surface area contributed by atoms with E-state index in [2.05, 4.69) is 36.5 Å². The average molecular weight is 508 g/mol. The summed E-state index contributed by atoms with van der Waals surface area (Å²) in [4.78, 5) is 35.4. The molecule has 0 saturated heterocycles. The number of aromatic nitrogens is 2. The lowest BCUT2D eigenvalue weighted by Gasteiger charge is -2.29. The monoisotopic (exact) mass is 507 g/mol. The number of thioether (sulfide) groups is 1. The molecule has 1 aliphatic rings. The quantitative estimate of drug-likeness (QED) is 0.334. The normalized spacial score (nSPS) is 13.2. The first kappa shape index (κ1) is 20.6. The summed E-state index contributed by atoms with van der Waals surface area (Å²) in [5.41, 5.74) is 3.76. The van der Waals surface area contributed by atoms with Crippen molar-refractivity contribution in [3.63, 3.8) is 0 Å². The molecular weight excluding hydrogens is 490 g/mol. The van der Waals surface area contributed by atoms with Crippen molar-refractivity contribution in [2.75, 3.05) is 21.3 Å². The van der Waals surface area contributed by atoms with Gasteiger partial charge in [-0.05, 0) is 45.8 Å². The second-order valence-corrected chi connectivity index (χ2v) is 9.20. The average Bonchev–Trinajstić information content (AvgIpc) is 3.18. The lowest BCUT2D eigenvalue weighted by atomic mass is 10.2. The van der Waals surface area contributed by atoms with Crippen LogP contribution in [-0.4, -0.2) is 27.7 Å². The fourth-order valence-corrected chi connectivity index (χ4v) is 4.83. The summed E-state index contributed by atoms with van der Waals surface area (Å²) in [6.07, 6.45) is 3.39. The van der Waals surface area contributed by atoms with Crippen molar-refractivity contribution >= 4 is 67.7 Å². The third-order valence-corrected chi connectivity index (χ3v) is 6.57. The first-order valence-electron chi connectivity index (χ1n) is 9.88. The van der Waals surface area contributed by atoms with Crippen molar-refractivity contribution in [3.05, 3.63) is 77.0 Å². The highest BCUT2D eigenvalue weighted by Gasteiger charge is 2.25. The second-order valence-electron chi connectivity index (χ2n) is 7.27. The largest absolute Gasteiger partial charge is 0.344 e. The van der Waals surface area contributed by atoms with E-state index in [1.807, 2.05) is 54.6 Å². The van der Waals surface area contributed by atoms with E-state index in [1.165, 1.54) is 11.8 Å². The van der Waals surface area contributed by atoms with Crippen LogP contribution in [0.15, 0.2) is 76.4 Å². The molecule has 9 heteroatoms. The molecule has 0 unspecified atom stereocenters. The number of nitrogens with zero attached hydrogens (tertiary/aromatic N) is 2. The predicted octanol–water partition coefficient (Wildman–Crippen LogP) is 5.61. The minimum absolute atomic E-state index is 0.0461. The van der Waals surface area contributed by atoms with Crippen LogP contribution in [0.2, 0.25) is 0 Å². The van der Waals surface area contributed by atoms with Gasteiger partial charge in [-0.2, -0.15) is 0 Å². The van der Waals surface area contributed by atoms with Crippen LogP contribution >= 0.6 is 27.7 Å². The molecule has 2 aromatic heterocycles. The molecule has 0 atom stereocenters. The molecule has 0 saturated carbocycles. The van der Waals surface area contributed by atoms with Gasteiger partial charge < -0.3 is 20.5 Å². The molecule has 1 aliphatic heterocycles. The van der Waals surface area contributed by atoms with Crippen LogP contribution in [0.1, 0.15) is 5.56 Å². The molecule has 4 aromatic rings. The molecule has 0 bridgehead atoms. The Morgan fingerprint density at radius 1 is 1.16 bits per heavy atom. The number of fused-ring (bicyclic) bond motifs is 2. The van der Waals surface area contributed by atoms with Crippen LogP contribution in [0, 0.1) is 0 Å². The van der Waals surface area contributed by atoms with Crippen molar-refractivity contribution in [1.82, 2.24) is 9.97 Å². The van der Waals surface area contributed by atoms with Crippen LogP contribution in [0.3, 0.4) is 0 Å². The van der Waals surface area contributed by atoms with Gasteiger partial charge in [-0.3, -0.25) is 4.79 Å². The van der Waals surface area contributed by atoms with Crippen LogP contribution < -0.4 is 15.5 Å². The van der Waals surface area contributed by atoms with Gasteiger partial charge in [0, 0.05) is 32.8 Å². The van der Waals surface area contributed by atoms with Gasteiger partial charge in [0.05, 0.1) is 23.7 Å². The number of hydrogen-bond donors (Lipinski definition) is 3. The van der Waals surface area contributed by atoms with Crippen molar-refractivity contribution in [2.24, 2.45) is 0 Å². The zero-order valence-electron chi connectivity index (χ0n) is 16.8. The Kier molecular flexibility index (Phi) is 5.59. The smallest absolute Gasteiger partial charge is 0.323 e. The Bertz CT molecular complexity index is 1320. The summed E-state index contributed by atoms with van der Waals surface area (Å²) >= 11 is 4.91. The van der Waals surface area contributed by atoms with Crippen molar-refractivity contribution in [3.8, 4) is 0 Å². The van der Waals surface area contributed by atoms with Crippen LogP contribution in [0.5, 0.6) is 0 Å². The number of H-pyrrole nitrogens is 1. The Morgan fingerprint density at radius 3 is 2.84 bits per heavy atom. The number of hydrogen-bond acceptors (Lipinski definition) is 4. The third-order valence-electron chi connectivity index (χ3n) is 5.09. The van der Waals surface area contributed by atoms with E-state index < -0.39 is 0 Å². The van der Waals surface area contributed by atoms with Crippen molar-refractivity contribution in [1.29, 1.82) is 0 Å². The molecule has 0 spiro atoms. The maximum absolute atomic E-state index is 12.7. The molecule has 0 fully saturated rings. The summed E-state index contributed by atoms with van der Waals surface area (Å²) < 4.78 is 0.823. The lowest BCUT2D eigenvalue weighted by molar-refractivity contribution is -0.116. The number of amides is 3.